The number of fused-ring (bicyclic) bond motifs is 6. The molecule has 0 unspecified atom stereocenters. The van der Waals surface area contributed by atoms with Gasteiger partial charge in [0.25, 0.3) is 0 Å². The van der Waals surface area contributed by atoms with Crippen LogP contribution in [0, 0.1) is 52.1 Å². The average Bonchev–Trinajstić information content (AvgIpc) is 3.41. The SMILES string of the molecule is CC[C@]12CC[C@@](C)(O)C[C@H]1CC[C@H]1[C@@H]3CC[C@H](C(=O)Cn4nc5ccc(F)c(F)c5n4)[C@@]3(C)CC[C@@H]12. The van der Waals surface area contributed by atoms with Crippen molar-refractivity contribution in [2.24, 2.45) is 40.4 Å². The Morgan fingerprint density at radius 3 is 2.64 bits per heavy atom. The van der Waals surface area contributed by atoms with Gasteiger partial charge in [-0.15, -0.1) is 5.10 Å². The van der Waals surface area contributed by atoms with Crippen LogP contribution in [0.3, 0.4) is 0 Å². The summed E-state index contributed by atoms with van der Waals surface area (Å²) in [6.07, 6.45) is 10.8. The van der Waals surface area contributed by atoms with E-state index in [1.165, 1.54) is 36.5 Å². The molecule has 196 valence electrons. The summed E-state index contributed by atoms with van der Waals surface area (Å²) in [6.45, 7) is 6.72. The van der Waals surface area contributed by atoms with Crippen molar-refractivity contribution in [3.63, 3.8) is 0 Å². The highest BCUT2D eigenvalue weighted by Gasteiger charge is 2.62. The molecule has 6 rings (SSSR count). The van der Waals surface area contributed by atoms with Crippen LogP contribution < -0.4 is 0 Å². The standard InChI is InChI=1S/C29H39F2N3O2/c1-4-29-14-13-27(2,36)15-17(29)5-6-18-19-7-8-21(28(19,3)12-11-20(18)29)24(35)16-34-32-23-10-9-22(30)25(31)26(23)33-34/h9-10,17-21,36H,4-8,11-16H2,1-3H3/t17-,18+,19+,20+,21-,27-,28+,29+/m1/s1. The lowest BCUT2D eigenvalue weighted by Crippen LogP contribution is -2.56. The van der Waals surface area contributed by atoms with E-state index in [0.717, 1.165) is 44.6 Å². The topological polar surface area (TPSA) is 68.0 Å². The number of carbonyl (C=O) groups excluding carboxylic acids is 1. The van der Waals surface area contributed by atoms with Gasteiger partial charge in [0, 0.05) is 5.92 Å². The van der Waals surface area contributed by atoms with Crippen LogP contribution in [0.4, 0.5) is 8.78 Å². The first-order valence-corrected chi connectivity index (χ1v) is 14.0. The molecule has 0 bridgehead atoms. The minimum atomic E-state index is -1.01. The van der Waals surface area contributed by atoms with Crippen molar-refractivity contribution in [3.8, 4) is 0 Å². The predicted molar refractivity (Wildman–Crippen MR) is 133 cm³/mol. The van der Waals surface area contributed by atoms with Crippen molar-refractivity contribution < 1.29 is 18.7 Å². The van der Waals surface area contributed by atoms with Crippen molar-refractivity contribution in [1.29, 1.82) is 0 Å². The number of hydrogen-bond donors (Lipinski definition) is 1. The fourth-order valence-electron chi connectivity index (χ4n) is 9.76. The normalized spacial score (nSPS) is 42.1. The molecule has 5 nitrogen and oxygen atoms in total. The number of halogens is 2. The van der Waals surface area contributed by atoms with E-state index >= 15 is 0 Å². The maximum atomic E-state index is 14.1. The number of aromatic nitrogens is 3. The van der Waals surface area contributed by atoms with Gasteiger partial charge in [-0.3, -0.25) is 4.79 Å². The number of Topliss-reactive ketones (excluding diaryl/α,β-unsaturated/α-hetero) is 1. The van der Waals surface area contributed by atoms with Gasteiger partial charge >= 0.3 is 0 Å². The second-order valence-corrected chi connectivity index (χ2v) is 13.0. The molecular weight excluding hydrogens is 460 g/mol. The number of rotatable bonds is 4. The smallest absolute Gasteiger partial charge is 0.188 e. The summed E-state index contributed by atoms with van der Waals surface area (Å²) in [5.41, 5.74) is -0.0563. The van der Waals surface area contributed by atoms with Crippen LogP contribution in [0.5, 0.6) is 0 Å². The van der Waals surface area contributed by atoms with Gasteiger partial charge in [0.05, 0.1) is 5.60 Å². The monoisotopic (exact) mass is 499 g/mol. The molecule has 1 heterocycles. The summed E-state index contributed by atoms with van der Waals surface area (Å²) in [6, 6.07) is 2.45. The molecule has 4 aliphatic rings. The van der Waals surface area contributed by atoms with E-state index in [4.69, 9.17) is 0 Å². The molecule has 4 saturated carbocycles. The van der Waals surface area contributed by atoms with Crippen molar-refractivity contribution in [2.45, 2.75) is 97.1 Å². The molecule has 0 spiro atoms. The third-order valence-electron chi connectivity index (χ3n) is 11.5. The zero-order valence-corrected chi connectivity index (χ0v) is 21.8. The van der Waals surface area contributed by atoms with Crippen LogP contribution in [0.15, 0.2) is 12.1 Å². The summed E-state index contributed by atoms with van der Waals surface area (Å²) < 4.78 is 27.7. The molecule has 7 heteroatoms. The summed E-state index contributed by atoms with van der Waals surface area (Å²) in [5, 5.41) is 19.2. The maximum absolute atomic E-state index is 14.1. The van der Waals surface area contributed by atoms with Crippen LogP contribution in [-0.4, -0.2) is 31.5 Å². The van der Waals surface area contributed by atoms with Gasteiger partial charge in [-0.25, -0.2) is 8.78 Å². The minimum Gasteiger partial charge on any atom is -0.390 e. The van der Waals surface area contributed by atoms with Gasteiger partial charge in [-0.1, -0.05) is 13.8 Å². The molecule has 0 radical (unpaired) electrons. The van der Waals surface area contributed by atoms with E-state index in [0.29, 0.717) is 29.1 Å². The first-order chi connectivity index (χ1) is 17.1. The largest absolute Gasteiger partial charge is 0.390 e. The van der Waals surface area contributed by atoms with Crippen LogP contribution in [0.1, 0.15) is 85.0 Å². The van der Waals surface area contributed by atoms with Crippen LogP contribution in [0.2, 0.25) is 0 Å². The molecule has 0 aliphatic heterocycles. The number of benzene rings is 1. The number of hydrogen-bond acceptors (Lipinski definition) is 4. The average molecular weight is 500 g/mol. The lowest BCUT2D eigenvalue weighted by atomic mass is 9.42. The quantitative estimate of drug-likeness (QED) is 0.554. The van der Waals surface area contributed by atoms with E-state index < -0.39 is 17.2 Å². The fraction of sp³-hybridized carbons (Fsp3) is 0.759. The summed E-state index contributed by atoms with van der Waals surface area (Å²) >= 11 is 0. The Morgan fingerprint density at radius 2 is 1.86 bits per heavy atom. The Morgan fingerprint density at radius 1 is 1.06 bits per heavy atom. The van der Waals surface area contributed by atoms with Crippen molar-refractivity contribution in [1.82, 2.24) is 15.0 Å². The lowest BCUT2D eigenvalue weighted by Gasteiger charge is -2.63. The molecule has 8 atom stereocenters. The highest BCUT2D eigenvalue weighted by atomic mass is 19.2. The van der Waals surface area contributed by atoms with E-state index in [1.54, 1.807) is 0 Å². The van der Waals surface area contributed by atoms with E-state index in [1.807, 2.05) is 6.92 Å². The van der Waals surface area contributed by atoms with Crippen LogP contribution in [-0.2, 0) is 11.3 Å². The van der Waals surface area contributed by atoms with Gasteiger partial charge in [0.2, 0.25) is 0 Å². The zero-order valence-electron chi connectivity index (χ0n) is 21.8. The van der Waals surface area contributed by atoms with Gasteiger partial charge < -0.3 is 5.11 Å². The lowest BCUT2D eigenvalue weighted by molar-refractivity contribution is -0.158. The second-order valence-electron chi connectivity index (χ2n) is 13.0. The zero-order chi connectivity index (χ0) is 25.5. The fourth-order valence-corrected chi connectivity index (χ4v) is 9.76. The predicted octanol–water partition coefficient (Wildman–Crippen LogP) is 6.08. The third-order valence-corrected chi connectivity index (χ3v) is 11.5. The molecule has 4 aliphatic carbocycles. The first-order valence-electron chi connectivity index (χ1n) is 14.0. The van der Waals surface area contributed by atoms with Crippen molar-refractivity contribution in [2.75, 3.05) is 0 Å². The highest BCUT2D eigenvalue weighted by Crippen LogP contribution is 2.69. The molecule has 0 amide bonds. The Bertz CT molecular complexity index is 1190. The third kappa shape index (κ3) is 3.51. The van der Waals surface area contributed by atoms with Gasteiger partial charge in [0.1, 0.15) is 12.1 Å². The highest BCUT2D eigenvalue weighted by molar-refractivity contribution is 5.82. The van der Waals surface area contributed by atoms with Crippen LogP contribution >= 0.6 is 0 Å². The number of carbonyl (C=O) groups is 1. The van der Waals surface area contributed by atoms with E-state index in [-0.39, 0.29) is 34.7 Å². The molecule has 36 heavy (non-hydrogen) atoms. The van der Waals surface area contributed by atoms with Gasteiger partial charge in [-0.05, 0) is 118 Å². The van der Waals surface area contributed by atoms with Gasteiger partial charge in [-0.2, -0.15) is 9.90 Å². The Labute approximate surface area is 212 Å². The Balaban J connectivity index is 1.22. The number of nitrogens with zero attached hydrogens (tertiary/aromatic N) is 3. The first kappa shape index (κ1) is 24.4. The van der Waals surface area contributed by atoms with E-state index in [2.05, 4.69) is 24.0 Å². The molecule has 4 fully saturated rings. The molecule has 1 N–H and O–H groups in total. The summed E-state index contributed by atoms with van der Waals surface area (Å²) in [7, 11) is 0. The number of ketones is 1. The summed E-state index contributed by atoms with van der Waals surface area (Å²) in [4.78, 5) is 14.8. The van der Waals surface area contributed by atoms with Crippen molar-refractivity contribution >= 4 is 16.8 Å². The van der Waals surface area contributed by atoms with Gasteiger partial charge in [0.15, 0.2) is 22.9 Å². The second kappa shape index (κ2) is 8.31. The molecule has 1 aromatic carbocycles. The molecule has 2 aromatic rings. The van der Waals surface area contributed by atoms with Crippen LogP contribution in [0.25, 0.3) is 11.0 Å². The Kier molecular flexibility index (Phi) is 5.64. The molecular formula is C29H39F2N3O2. The molecule has 0 saturated heterocycles. The van der Waals surface area contributed by atoms with Crippen molar-refractivity contribution in [3.05, 3.63) is 23.8 Å². The molecule has 1 aromatic heterocycles. The maximum Gasteiger partial charge on any atom is 0.188 e. The Hall–Kier alpha value is -1.89. The minimum absolute atomic E-state index is 0.00681. The number of aliphatic hydroxyl groups is 1. The summed E-state index contributed by atoms with van der Waals surface area (Å²) in [5.74, 6) is 0.624. The van der Waals surface area contributed by atoms with E-state index in [9.17, 15) is 18.7 Å².